The fourth-order valence-electron chi connectivity index (χ4n) is 2.51. The van der Waals surface area contributed by atoms with E-state index in [2.05, 4.69) is 24.1 Å². The standard InChI is InChI=1S/C15H22N2O3/c1-3-15(4-2,6-7-18)10-16-14(19)12-9-13-11(17-12)5-8-20-13/h5,8-9,17-18H,3-4,6-7,10H2,1-2H3,(H,16,19). The van der Waals surface area contributed by atoms with Crippen LogP contribution >= 0.6 is 0 Å². The van der Waals surface area contributed by atoms with Gasteiger partial charge < -0.3 is 19.8 Å². The van der Waals surface area contributed by atoms with Crippen molar-refractivity contribution in [1.82, 2.24) is 10.3 Å². The SMILES string of the molecule is CCC(CC)(CCO)CNC(=O)c1cc2occc2[nH]1. The maximum absolute atomic E-state index is 12.1. The number of carbonyl (C=O) groups is 1. The van der Waals surface area contributed by atoms with Gasteiger partial charge >= 0.3 is 0 Å². The second-order valence-corrected chi connectivity index (χ2v) is 5.24. The van der Waals surface area contributed by atoms with E-state index in [1.807, 2.05) is 0 Å². The molecule has 0 aromatic carbocycles. The van der Waals surface area contributed by atoms with Crippen molar-refractivity contribution in [3.05, 3.63) is 24.1 Å². The molecule has 0 saturated carbocycles. The Kier molecular flexibility index (Phi) is 4.49. The zero-order valence-corrected chi connectivity index (χ0v) is 12.0. The van der Waals surface area contributed by atoms with Crippen LogP contribution in [-0.2, 0) is 0 Å². The molecule has 2 heterocycles. The van der Waals surface area contributed by atoms with Crippen LogP contribution in [0.5, 0.6) is 0 Å². The number of carbonyl (C=O) groups excluding carboxylic acids is 1. The predicted molar refractivity (Wildman–Crippen MR) is 77.6 cm³/mol. The van der Waals surface area contributed by atoms with Gasteiger partial charge in [-0.3, -0.25) is 4.79 Å². The molecule has 0 bridgehead atoms. The summed E-state index contributed by atoms with van der Waals surface area (Å²) in [6.45, 7) is 4.90. The first kappa shape index (κ1) is 14.7. The highest BCUT2D eigenvalue weighted by molar-refractivity contribution is 5.96. The topological polar surface area (TPSA) is 78.3 Å². The van der Waals surface area contributed by atoms with Gasteiger partial charge in [0, 0.05) is 25.3 Å². The molecule has 20 heavy (non-hydrogen) atoms. The van der Waals surface area contributed by atoms with Crippen LogP contribution in [0.1, 0.15) is 43.6 Å². The van der Waals surface area contributed by atoms with Crippen molar-refractivity contribution in [2.75, 3.05) is 13.2 Å². The molecule has 0 aliphatic carbocycles. The Balaban J connectivity index is 2.02. The minimum atomic E-state index is -0.138. The number of fused-ring (bicyclic) bond motifs is 1. The lowest BCUT2D eigenvalue weighted by Gasteiger charge is -2.31. The molecule has 110 valence electrons. The van der Waals surface area contributed by atoms with Crippen molar-refractivity contribution in [3.8, 4) is 0 Å². The average Bonchev–Trinajstić information content (AvgIpc) is 3.04. The number of aliphatic hydroxyl groups is 1. The Morgan fingerprint density at radius 2 is 2.20 bits per heavy atom. The van der Waals surface area contributed by atoms with E-state index in [1.165, 1.54) is 0 Å². The van der Waals surface area contributed by atoms with E-state index < -0.39 is 0 Å². The van der Waals surface area contributed by atoms with Crippen molar-refractivity contribution >= 4 is 17.0 Å². The number of furan rings is 1. The third kappa shape index (κ3) is 2.88. The number of aromatic nitrogens is 1. The Morgan fingerprint density at radius 1 is 1.45 bits per heavy atom. The smallest absolute Gasteiger partial charge is 0.267 e. The van der Waals surface area contributed by atoms with Gasteiger partial charge in [0.2, 0.25) is 0 Å². The molecule has 5 heteroatoms. The van der Waals surface area contributed by atoms with E-state index in [4.69, 9.17) is 4.42 Å². The normalized spacial score (nSPS) is 11.9. The molecule has 0 atom stereocenters. The van der Waals surface area contributed by atoms with Gasteiger partial charge in [-0.2, -0.15) is 0 Å². The lowest BCUT2D eigenvalue weighted by Crippen LogP contribution is -2.37. The summed E-state index contributed by atoms with van der Waals surface area (Å²) in [6, 6.07) is 3.50. The van der Waals surface area contributed by atoms with Crippen molar-refractivity contribution in [2.24, 2.45) is 5.41 Å². The lowest BCUT2D eigenvalue weighted by molar-refractivity contribution is 0.0903. The second kappa shape index (κ2) is 6.13. The van der Waals surface area contributed by atoms with Gasteiger partial charge in [-0.05, 0) is 24.7 Å². The lowest BCUT2D eigenvalue weighted by atomic mass is 9.79. The Hall–Kier alpha value is -1.75. The Labute approximate surface area is 118 Å². The molecule has 2 aromatic rings. The number of amides is 1. The van der Waals surface area contributed by atoms with Crippen LogP contribution < -0.4 is 5.32 Å². The van der Waals surface area contributed by atoms with Crippen LogP contribution in [0.25, 0.3) is 11.1 Å². The number of hydrogen-bond acceptors (Lipinski definition) is 3. The van der Waals surface area contributed by atoms with Crippen LogP contribution in [0.3, 0.4) is 0 Å². The van der Waals surface area contributed by atoms with Crippen molar-refractivity contribution in [3.63, 3.8) is 0 Å². The minimum Gasteiger partial charge on any atom is -0.463 e. The van der Waals surface area contributed by atoms with Crippen molar-refractivity contribution in [1.29, 1.82) is 0 Å². The fourth-order valence-corrected chi connectivity index (χ4v) is 2.51. The Morgan fingerprint density at radius 3 is 2.80 bits per heavy atom. The number of aromatic amines is 1. The largest absolute Gasteiger partial charge is 0.463 e. The molecular weight excluding hydrogens is 256 g/mol. The fraction of sp³-hybridized carbons (Fsp3) is 0.533. The van der Waals surface area contributed by atoms with E-state index in [9.17, 15) is 9.90 Å². The molecule has 0 radical (unpaired) electrons. The summed E-state index contributed by atoms with van der Waals surface area (Å²) >= 11 is 0. The van der Waals surface area contributed by atoms with Gasteiger partial charge in [-0.1, -0.05) is 13.8 Å². The first-order valence-electron chi connectivity index (χ1n) is 7.09. The van der Waals surface area contributed by atoms with E-state index in [-0.39, 0.29) is 17.9 Å². The number of rotatable bonds is 7. The summed E-state index contributed by atoms with van der Waals surface area (Å²) in [5.41, 5.74) is 1.98. The molecule has 3 N–H and O–H groups in total. The van der Waals surface area contributed by atoms with E-state index in [1.54, 1.807) is 18.4 Å². The number of nitrogens with one attached hydrogen (secondary N) is 2. The molecule has 0 fully saturated rings. The van der Waals surface area contributed by atoms with Crippen LogP contribution in [-0.4, -0.2) is 29.1 Å². The summed E-state index contributed by atoms with van der Waals surface area (Å²) in [6.07, 6.45) is 4.14. The minimum absolute atomic E-state index is 0.0316. The molecule has 0 spiro atoms. The highest BCUT2D eigenvalue weighted by atomic mass is 16.3. The molecule has 2 rings (SSSR count). The number of H-pyrrole nitrogens is 1. The Bertz CT molecular complexity index is 538. The molecular formula is C15H22N2O3. The highest BCUT2D eigenvalue weighted by Gasteiger charge is 2.26. The molecule has 0 aliphatic heterocycles. The molecule has 0 aliphatic rings. The molecule has 2 aromatic heterocycles. The zero-order chi connectivity index (χ0) is 14.6. The summed E-state index contributed by atoms with van der Waals surface area (Å²) in [5.74, 6) is -0.138. The maximum atomic E-state index is 12.1. The van der Waals surface area contributed by atoms with Crippen molar-refractivity contribution in [2.45, 2.75) is 33.1 Å². The predicted octanol–water partition coefficient (Wildman–Crippen LogP) is 2.68. The maximum Gasteiger partial charge on any atom is 0.267 e. The summed E-state index contributed by atoms with van der Waals surface area (Å²) < 4.78 is 5.23. The van der Waals surface area contributed by atoms with Crippen LogP contribution in [0.15, 0.2) is 22.8 Å². The summed E-state index contributed by atoms with van der Waals surface area (Å²) in [4.78, 5) is 15.2. The van der Waals surface area contributed by atoms with Gasteiger partial charge in [0.05, 0.1) is 11.8 Å². The monoisotopic (exact) mass is 278 g/mol. The first-order valence-corrected chi connectivity index (χ1v) is 7.09. The van der Waals surface area contributed by atoms with Gasteiger partial charge in [-0.25, -0.2) is 0 Å². The third-order valence-electron chi connectivity index (χ3n) is 4.25. The third-order valence-corrected chi connectivity index (χ3v) is 4.25. The van der Waals surface area contributed by atoms with Crippen LogP contribution in [0.4, 0.5) is 0 Å². The number of hydrogen-bond donors (Lipinski definition) is 3. The van der Waals surface area contributed by atoms with E-state index in [0.717, 1.165) is 18.4 Å². The quantitative estimate of drug-likeness (QED) is 0.728. The molecule has 0 unspecified atom stereocenters. The molecule has 1 amide bonds. The van der Waals surface area contributed by atoms with Gasteiger partial charge in [-0.15, -0.1) is 0 Å². The average molecular weight is 278 g/mol. The second-order valence-electron chi connectivity index (χ2n) is 5.24. The van der Waals surface area contributed by atoms with Crippen molar-refractivity contribution < 1.29 is 14.3 Å². The highest BCUT2D eigenvalue weighted by Crippen LogP contribution is 2.29. The van der Waals surface area contributed by atoms with Gasteiger partial charge in [0.15, 0.2) is 5.58 Å². The molecule has 5 nitrogen and oxygen atoms in total. The van der Waals surface area contributed by atoms with E-state index >= 15 is 0 Å². The number of aliphatic hydroxyl groups excluding tert-OH is 1. The van der Waals surface area contributed by atoms with E-state index in [0.29, 0.717) is 24.2 Å². The first-order chi connectivity index (χ1) is 9.64. The summed E-state index contributed by atoms with van der Waals surface area (Å²) in [7, 11) is 0. The van der Waals surface area contributed by atoms with Crippen LogP contribution in [0.2, 0.25) is 0 Å². The van der Waals surface area contributed by atoms with Gasteiger partial charge in [0.25, 0.3) is 5.91 Å². The summed E-state index contributed by atoms with van der Waals surface area (Å²) in [5, 5.41) is 12.1. The zero-order valence-electron chi connectivity index (χ0n) is 12.0. The van der Waals surface area contributed by atoms with Crippen LogP contribution in [0, 0.1) is 5.41 Å². The molecule has 0 saturated heterocycles. The van der Waals surface area contributed by atoms with Gasteiger partial charge in [0.1, 0.15) is 5.69 Å².